The Hall–Kier alpha value is -2.48. The maximum atomic E-state index is 13.5. The molecule has 168 valence electrons. The summed E-state index contributed by atoms with van der Waals surface area (Å²) < 4.78 is 20.6. The standard InChI is InChI=1S/C23H33FN6O/c1-25-22(27-19-10-11-21-28-20(15-31-2)29-30(21)14-19)26-16-23(12-4-3-5-13-23)17-6-8-18(24)9-7-17/h6-9,19H,3-5,10-16H2,1-2H3,(H2,25,26,27). The van der Waals surface area contributed by atoms with E-state index in [1.54, 1.807) is 26.3 Å². The molecule has 0 saturated heterocycles. The van der Waals surface area contributed by atoms with Gasteiger partial charge in [0.1, 0.15) is 18.2 Å². The Morgan fingerprint density at radius 3 is 2.74 bits per heavy atom. The smallest absolute Gasteiger partial charge is 0.191 e. The summed E-state index contributed by atoms with van der Waals surface area (Å²) in [5.41, 5.74) is 1.23. The molecule has 1 atom stereocenters. The Balaban J connectivity index is 1.39. The van der Waals surface area contributed by atoms with Gasteiger partial charge in [0.15, 0.2) is 11.8 Å². The number of ether oxygens (including phenoxy) is 1. The van der Waals surface area contributed by atoms with Crippen LogP contribution in [0.3, 0.4) is 0 Å². The highest BCUT2D eigenvalue weighted by atomic mass is 19.1. The molecule has 31 heavy (non-hydrogen) atoms. The lowest BCUT2D eigenvalue weighted by Gasteiger charge is -2.39. The second-order valence-electron chi connectivity index (χ2n) is 8.71. The number of guanidine groups is 1. The zero-order valence-electron chi connectivity index (χ0n) is 18.5. The molecule has 0 spiro atoms. The first-order chi connectivity index (χ1) is 15.1. The average molecular weight is 429 g/mol. The molecule has 0 radical (unpaired) electrons. The summed E-state index contributed by atoms with van der Waals surface area (Å²) in [5, 5.41) is 11.7. The number of benzene rings is 1. The van der Waals surface area contributed by atoms with Crippen molar-refractivity contribution in [2.24, 2.45) is 4.99 Å². The summed E-state index contributed by atoms with van der Waals surface area (Å²) in [5.74, 6) is 2.38. The van der Waals surface area contributed by atoms with E-state index in [4.69, 9.17) is 4.74 Å². The van der Waals surface area contributed by atoms with Gasteiger partial charge >= 0.3 is 0 Å². The number of hydrogen-bond acceptors (Lipinski definition) is 4. The lowest BCUT2D eigenvalue weighted by Crippen LogP contribution is -2.51. The molecule has 1 fully saturated rings. The molecule has 1 aliphatic carbocycles. The molecule has 0 amide bonds. The Morgan fingerprint density at radius 1 is 1.26 bits per heavy atom. The third-order valence-corrected chi connectivity index (χ3v) is 6.60. The minimum Gasteiger partial charge on any atom is -0.377 e. The summed E-state index contributed by atoms with van der Waals surface area (Å²) in [6.07, 6.45) is 7.75. The Kier molecular flexibility index (Phi) is 6.85. The molecule has 2 aromatic rings. The van der Waals surface area contributed by atoms with Gasteiger partial charge in [0.25, 0.3) is 0 Å². The predicted octanol–water partition coefficient (Wildman–Crippen LogP) is 2.95. The summed E-state index contributed by atoms with van der Waals surface area (Å²) in [6, 6.07) is 7.29. The van der Waals surface area contributed by atoms with Crippen molar-refractivity contribution in [1.29, 1.82) is 0 Å². The second-order valence-corrected chi connectivity index (χ2v) is 8.71. The van der Waals surface area contributed by atoms with E-state index < -0.39 is 0 Å². The van der Waals surface area contributed by atoms with Gasteiger partial charge < -0.3 is 15.4 Å². The number of aliphatic imine (C=N–C) groups is 1. The van der Waals surface area contributed by atoms with E-state index in [2.05, 4.69) is 25.7 Å². The van der Waals surface area contributed by atoms with E-state index in [1.807, 2.05) is 16.8 Å². The maximum absolute atomic E-state index is 13.5. The van der Waals surface area contributed by atoms with Crippen molar-refractivity contribution in [1.82, 2.24) is 25.4 Å². The first-order valence-corrected chi connectivity index (χ1v) is 11.3. The summed E-state index contributed by atoms with van der Waals surface area (Å²) in [6.45, 7) is 1.99. The van der Waals surface area contributed by atoms with Crippen LogP contribution in [0, 0.1) is 5.82 Å². The van der Waals surface area contributed by atoms with Crippen molar-refractivity contribution in [3.8, 4) is 0 Å². The van der Waals surface area contributed by atoms with Gasteiger partial charge in [0.05, 0.1) is 6.54 Å². The molecular formula is C23H33FN6O. The fourth-order valence-electron chi connectivity index (χ4n) is 4.91. The van der Waals surface area contributed by atoms with E-state index >= 15 is 0 Å². The molecule has 4 rings (SSSR count). The highest BCUT2D eigenvalue weighted by Crippen LogP contribution is 2.39. The van der Waals surface area contributed by atoms with E-state index in [-0.39, 0.29) is 17.3 Å². The van der Waals surface area contributed by atoms with Crippen LogP contribution >= 0.6 is 0 Å². The number of hydrogen-bond donors (Lipinski definition) is 2. The topological polar surface area (TPSA) is 76.4 Å². The largest absolute Gasteiger partial charge is 0.377 e. The molecule has 2 aliphatic rings. The van der Waals surface area contributed by atoms with E-state index in [0.29, 0.717) is 6.61 Å². The predicted molar refractivity (Wildman–Crippen MR) is 119 cm³/mol. The highest BCUT2D eigenvalue weighted by Gasteiger charge is 2.34. The Bertz CT molecular complexity index is 888. The minimum absolute atomic E-state index is 0.0181. The van der Waals surface area contributed by atoms with Crippen molar-refractivity contribution in [3.63, 3.8) is 0 Å². The number of rotatable bonds is 6. The van der Waals surface area contributed by atoms with E-state index in [1.165, 1.54) is 24.8 Å². The number of aryl methyl sites for hydroxylation is 1. The number of halogens is 1. The van der Waals surface area contributed by atoms with Crippen LogP contribution in [0.1, 0.15) is 55.7 Å². The lowest BCUT2D eigenvalue weighted by atomic mass is 9.69. The van der Waals surface area contributed by atoms with Crippen LogP contribution in [0.5, 0.6) is 0 Å². The molecule has 1 aromatic heterocycles. The maximum Gasteiger partial charge on any atom is 0.191 e. The van der Waals surface area contributed by atoms with Gasteiger partial charge in [-0.15, -0.1) is 0 Å². The number of nitrogens with zero attached hydrogens (tertiary/aromatic N) is 4. The zero-order valence-corrected chi connectivity index (χ0v) is 18.5. The first kappa shape index (κ1) is 21.7. The molecule has 7 nitrogen and oxygen atoms in total. The highest BCUT2D eigenvalue weighted by molar-refractivity contribution is 5.80. The van der Waals surface area contributed by atoms with Crippen molar-refractivity contribution in [2.45, 2.75) is 69.6 Å². The number of nitrogens with one attached hydrogen (secondary N) is 2. The van der Waals surface area contributed by atoms with Crippen molar-refractivity contribution >= 4 is 5.96 Å². The van der Waals surface area contributed by atoms with Crippen molar-refractivity contribution < 1.29 is 9.13 Å². The number of methoxy groups -OCH3 is 1. The molecule has 8 heteroatoms. The summed E-state index contributed by atoms with van der Waals surface area (Å²) in [7, 11) is 3.46. The first-order valence-electron chi connectivity index (χ1n) is 11.3. The average Bonchev–Trinajstić information content (AvgIpc) is 3.19. The van der Waals surface area contributed by atoms with Gasteiger partial charge in [-0.25, -0.2) is 14.1 Å². The molecule has 1 unspecified atom stereocenters. The molecular weight excluding hydrogens is 395 g/mol. The monoisotopic (exact) mass is 428 g/mol. The molecule has 1 aromatic carbocycles. The van der Waals surface area contributed by atoms with Crippen LogP contribution in [-0.4, -0.2) is 47.5 Å². The van der Waals surface area contributed by atoms with Gasteiger partial charge in [-0.3, -0.25) is 4.99 Å². The summed E-state index contributed by atoms with van der Waals surface area (Å²) >= 11 is 0. The number of fused-ring (bicyclic) bond motifs is 1. The molecule has 0 bridgehead atoms. The third kappa shape index (κ3) is 5.06. The third-order valence-electron chi connectivity index (χ3n) is 6.60. The fraction of sp³-hybridized carbons (Fsp3) is 0.609. The van der Waals surface area contributed by atoms with Crippen LogP contribution in [0.4, 0.5) is 4.39 Å². The van der Waals surface area contributed by atoms with Gasteiger partial charge in [-0.05, 0) is 37.0 Å². The van der Waals surface area contributed by atoms with Crippen LogP contribution in [0.2, 0.25) is 0 Å². The van der Waals surface area contributed by atoms with E-state index in [9.17, 15) is 4.39 Å². The Labute approximate surface area is 183 Å². The summed E-state index contributed by atoms with van der Waals surface area (Å²) in [4.78, 5) is 9.01. The van der Waals surface area contributed by atoms with Gasteiger partial charge in [-0.2, -0.15) is 5.10 Å². The molecule has 1 aliphatic heterocycles. The SMILES string of the molecule is CN=C(NCC1(c2ccc(F)cc2)CCCCC1)NC1CCc2nc(COC)nn2C1. The van der Waals surface area contributed by atoms with Crippen LogP contribution in [0.25, 0.3) is 0 Å². The zero-order chi connectivity index (χ0) is 21.7. The van der Waals surface area contributed by atoms with Crippen LogP contribution in [-0.2, 0) is 29.7 Å². The Morgan fingerprint density at radius 2 is 2.03 bits per heavy atom. The van der Waals surface area contributed by atoms with Crippen molar-refractivity contribution in [2.75, 3.05) is 20.7 Å². The molecule has 1 saturated carbocycles. The quantitative estimate of drug-likeness (QED) is 0.547. The van der Waals surface area contributed by atoms with E-state index in [0.717, 1.165) is 56.4 Å². The lowest BCUT2D eigenvalue weighted by molar-refractivity contribution is 0.177. The second kappa shape index (κ2) is 9.77. The fourth-order valence-corrected chi connectivity index (χ4v) is 4.91. The van der Waals surface area contributed by atoms with Crippen LogP contribution in [0.15, 0.2) is 29.3 Å². The van der Waals surface area contributed by atoms with Gasteiger partial charge in [0.2, 0.25) is 0 Å². The molecule has 2 heterocycles. The van der Waals surface area contributed by atoms with Gasteiger partial charge in [-0.1, -0.05) is 31.4 Å². The molecule has 2 N–H and O–H groups in total. The minimum atomic E-state index is -0.182. The number of aromatic nitrogens is 3. The normalized spacial score (nSPS) is 20.9. The van der Waals surface area contributed by atoms with Crippen LogP contribution < -0.4 is 10.6 Å². The van der Waals surface area contributed by atoms with Crippen molar-refractivity contribution in [3.05, 3.63) is 47.3 Å². The van der Waals surface area contributed by atoms with Gasteiger partial charge in [0, 0.05) is 38.6 Å².